The van der Waals surface area contributed by atoms with Crippen LogP contribution in [-0.2, 0) is 13.1 Å². The lowest BCUT2D eigenvalue weighted by atomic mass is 10.2. The molecule has 1 saturated heterocycles. The smallest absolute Gasteiger partial charge is 0.185 e. The van der Waals surface area contributed by atoms with Crippen molar-refractivity contribution in [2.75, 3.05) is 38.1 Å². The Morgan fingerprint density at radius 3 is 2.90 bits per heavy atom. The zero-order valence-corrected chi connectivity index (χ0v) is 12.5. The van der Waals surface area contributed by atoms with Gasteiger partial charge in [-0.25, -0.2) is 4.98 Å². The highest BCUT2D eigenvalue weighted by Crippen LogP contribution is 2.20. The molecule has 1 aliphatic rings. The van der Waals surface area contributed by atoms with Gasteiger partial charge in [-0.05, 0) is 13.1 Å². The van der Waals surface area contributed by atoms with Crippen LogP contribution in [0, 0.1) is 0 Å². The SMILES string of the molecule is CNCc1occc1CN1CCN(c2nccs2)CC1. The molecule has 0 bridgehead atoms. The van der Waals surface area contributed by atoms with E-state index < -0.39 is 0 Å². The fourth-order valence-corrected chi connectivity index (χ4v) is 3.23. The molecular formula is C14H20N4OS. The maximum Gasteiger partial charge on any atom is 0.185 e. The van der Waals surface area contributed by atoms with Crippen LogP contribution in [0.5, 0.6) is 0 Å². The largest absolute Gasteiger partial charge is 0.468 e. The Balaban J connectivity index is 1.54. The molecular weight excluding hydrogens is 272 g/mol. The second-order valence-electron chi connectivity index (χ2n) is 4.98. The molecule has 20 heavy (non-hydrogen) atoms. The van der Waals surface area contributed by atoms with E-state index in [9.17, 15) is 0 Å². The molecule has 0 radical (unpaired) electrons. The molecule has 0 spiro atoms. The lowest BCUT2D eigenvalue weighted by molar-refractivity contribution is 0.247. The summed E-state index contributed by atoms with van der Waals surface area (Å²) in [6, 6.07) is 2.08. The number of nitrogens with one attached hydrogen (secondary N) is 1. The molecule has 1 N–H and O–H groups in total. The predicted molar refractivity (Wildman–Crippen MR) is 81.1 cm³/mol. The van der Waals surface area contributed by atoms with Gasteiger partial charge in [-0.15, -0.1) is 11.3 Å². The highest BCUT2D eigenvalue weighted by atomic mass is 32.1. The van der Waals surface area contributed by atoms with Gasteiger partial charge in [-0.3, -0.25) is 4.90 Å². The first-order valence-corrected chi connectivity index (χ1v) is 7.81. The average Bonchev–Trinajstić information content (AvgIpc) is 3.13. The van der Waals surface area contributed by atoms with Crippen molar-refractivity contribution in [1.82, 2.24) is 15.2 Å². The maximum atomic E-state index is 5.52. The van der Waals surface area contributed by atoms with E-state index in [2.05, 4.69) is 26.2 Å². The van der Waals surface area contributed by atoms with E-state index in [4.69, 9.17) is 4.42 Å². The van der Waals surface area contributed by atoms with Crippen LogP contribution in [0.25, 0.3) is 0 Å². The third kappa shape index (κ3) is 3.03. The predicted octanol–water partition coefficient (Wildman–Crippen LogP) is 1.78. The lowest BCUT2D eigenvalue weighted by Gasteiger charge is -2.34. The molecule has 6 heteroatoms. The summed E-state index contributed by atoms with van der Waals surface area (Å²) in [5.41, 5.74) is 1.29. The fourth-order valence-electron chi connectivity index (χ4n) is 2.53. The maximum absolute atomic E-state index is 5.52. The van der Waals surface area contributed by atoms with E-state index >= 15 is 0 Å². The van der Waals surface area contributed by atoms with Crippen molar-refractivity contribution in [3.8, 4) is 0 Å². The van der Waals surface area contributed by atoms with Crippen molar-refractivity contribution < 1.29 is 4.42 Å². The Morgan fingerprint density at radius 1 is 1.35 bits per heavy atom. The Labute approximate surface area is 123 Å². The molecule has 0 aromatic carbocycles. The zero-order chi connectivity index (χ0) is 13.8. The van der Waals surface area contributed by atoms with Gasteiger partial charge in [0.25, 0.3) is 0 Å². The molecule has 5 nitrogen and oxygen atoms in total. The minimum atomic E-state index is 0.793. The minimum absolute atomic E-state index is 0.793. The summed E-state index contributed by atoms with van der Waals surface area (Å²) in [6.45, 7) is 6.01. The Kier molecular flexibility index (Phi) is 4.34. The Morgan fingerprint density at radius 2 is 2.20 bits per heavy atom. The van der Waals surface area contributed by atoms with E-state index in [0.29, 0.717) is 0 Å². The van der Waals surface area contributed by atoms with Gasteiger partial charge in [0.15, 0.2) is 5.13 Å². The Hall–Kier alpha value is -1.37. The summed E-state index contributed by atoms with van der Waals surface area (Å²) in [6.07, 6.45) is 3.66. The number of rotatable bonds is 5. The molecule has 1 fully saturated rings. The van der Waals surface area contributed by atoms with Crippen molar-refractivity contribution in [2.45, 2.75) is 13.1 Å². The third-order valence-corrected chi connectivity index (χ3v) is 4.46. The summed E-state index contributed by atoms with van der Waals surface area (Å²) in [5.74, 6) is 1.05. The van der Waals surface area contributed by atoms with E-state index in [1.165, 1.54) is 5.56 Å². The molecule has 0 aliphatic carbocycles. The van der Waals surface area contributed by atoms with Crippen LogP contribution < -0.4 is 10.2 Å². The normalized spacial score (nSPS) is 16.8. The van der Waals surface area contributed by atoms with Crippen molar-refractivity contribution in [3.63, 3.8) is 0 Å². The second kappa shape index (κ2) is 6.39. The van der Waals surface area contributed by atoms with Crippen LogP contribution in [0.4, 0.5) is 5.13 Å². The van der Waals surface area contributed by atoms with E-state index in [-0.39, 0.29) is 0 Å². The molecule has 108 valence electrons. The highest BCUT2D eigenvalue weighted by molar-refractivity contribution is 7.13. The van der Waals surface area contributed by atoms with Crippen LogP contribution in [0.3, 0.4) is 0 Å². The molecule has 2 aromatic heterocycles. The van der Waals surface area contributed by atoms with E-state index in [1.807, 2.05) is 18.6 Å². The number of nitrogens with zero attached hydrogens (tertiary/aromatic N) is 3. The van der Waals surface area contributed by atoms with Crippen LogP contribution in [0.1, 0.15) is 11.3 Å². The molecule has 3 rings (SSSR count). The number of aromatic nitrogens is 1. The molecule has 0 unspecified atom stereocenters. The first kappa shape index (κ1) is 13.6. The van der Waals surface area contributed by atoms with Crippen LogP contribution in [0.15, 0.2) is 28.3 Å². The van der Waals surface area contributed by atoms with Gasteiger partial charge in [0.2, 0.25) is 0 Å². The van der Waals surface area contributed by atoms with Crippen molar-refractivity contribution >= 4 is 16.5 Å². The van der Waals surface area contributed by atoms with Gasteiger partial charge in [-0.2, -0.15) is 0 Å². The van der Waals surface area contributed by atoms with Gasteiger partial charge in [0.1, 0.15) is 5.76 Å². The topological polar surface area (TPSA) is 44.5 Å². The number of furan rings is 1. The number of hydrogen-bond donors (Lipinski definition) is 1. The van der Waals surface area contributed by atoms with Gasteiger partial charge < -0.3 is 14.6 Å². The van der Waals surface area contributed by atoms with Crippen molar-refractivity contribution in [1.29, 1.82) is 0 Å². The van der Waals surface area contributed by atoms with Gasteiger partial charge in [-0.1, -0.05) is 0 Å². The van der Waals surface area contributed by atoms with Crippen LogP contribution >= 0.6 is 11.3 Å². The number of thiazole rings is 1. The van der Waals surface area contributed by atoms with E-state index in [1.54, 1.807) is 17.6 Å². The molecule has 3 heterocycles. The van der Waals surface area contributed by atoms with Crippen LogP contribution in [0.2, 0.25) is 0 Å². The molecule has 0 atom stereocenters. The minimum Gasteiger partial charge on any atom is -0.468 e. The molecule has 2 aromatic rings. The monoisotopic (exact) mass is 292 g/mol. The highest BCUT2D eigenvalue weighted by Gasteiger charge is 2.19. The number of anilines is 1. The molecule has 0 amide bonds. The third-order valence-electron chi connectivity index (χ3n) is 3.63. The molecule has 0 saturated carbocycles. The lowest BCUT2D eigenvalue weighted by Crippen LogP contribution is -2.46. The second-order valence-corrected chi connectivity index (χ2v) is 5.85. The fraction of sp³-hybridized carbons (Fsp3) is 0.500. The number of hydrogen-bond acceptors (Lipinski definition) is 6. The first-order chi connectivity index (χ1) is 9.86. The van der Waals surface area contributed by atoms with Crippen molar-refractivity contribution in [2.24, 2.45) is 0 Å². The Bertz CT molecular complexity index is 517. The van der Waals surface area contributed by atoms with Crippen LogP contribution in [-0.4, -0.2) is 43.1 Å². The van der Waals surface area contributed by atoms with Crippen molar-refractivity contribution in [3.05, 3.63) is 35.2 Å². The quantitative estimate of drug-likeness (QED) is 0.910. The first-order valence-electron chi connectivity index (χ1n) is 6.93. The molecule has 1 aliphatic heterocycles. The van der Waals surface area contributed by atoms with E-state index in [0.717, 1.165) is 50.2 Å². The summed E-state index contributed by atoms with van der Waals surface area (Å²) < 4.78 is 5.52. The van der Waals surface area contributed by atoms with Gasteiger partial charge >= 0.3 is 0 Å². The average molecular weight is 292 g/mol. The summed E-state index contributed by atoms with van der Waals surface area (Å²) in [4.78, 5) is 9.23. The van der Waals surface area contributed by atoms with Gasteiger partial charge in [0.05, 0.1) is 12.8 Å². The van der Waals surface area contributed by atoms with Gasteiger partial charge in [0, 0.05) is 49.9 Å². The number of piperazine rings is 1. The standard InChI is InChI=1S/C14H20N4OS/c1-15-10-13-12(2-8-19-13)11-17-4-6-18(7-5-17)14-16-3-9-20-14/h2-3,8-9,15H,4-7,10-11H2,1H3. The summed E-state index contributed by atoms with van der Waals surface area (Å²) >= 11 is 1.72. The summed E-state index contributed by atoms with van der Waals surface area (Å²) in [5, 5.41) is 6.33. The zero-order valence-electron chi connectivity index (χ0n) is 11.7. The summed E-state index contributed by atoms with van der Waals surface area (Å²) in [7, 11) is 1.94.